The molecule has 16 heavy (non-hydrogen) atoms. The van der Waals surface area contributed by atoms with Gasteiger partial charge in [-0.3, -0.25) is 4.79 Å². The van der Waals surface area contributed by atoms with E-state index in [0.29, 0.717) is 6.54 Å². The molecule has 4 nitrogen and oxygen atoms in total. The van der Waals surface area contributed by atoms with Gasteiger partial charge in [0.25, 0.3) is 0 Å². The van der Waals surface area contributed by atoms with Crippen LogP contribution in [-0.2, 0) is 4.79 Å². The molecule has 3 unspecified atom stereocenters. The van der Waals surface area contributed by atoms with Gasteiger partial charge in [-0.15, -0.1) is 0 Å². The Labute approximate surface area is 98.6 Å². The Kier molecular flexibility index (Phi) is 7.34. The van der Waals surface area contributed by atoms with Crippen molar-refractivity contribution in [2.45, 2.75) is 52.7 Å². The average molecular weight is 230 g/mol. The summed E-state index contributed by atoms with van der Waals surface area (Å²) in [6, 6.07) is -0.162. The Morgan fingerprint density at radius 2 is 1.81 bits per heavy atom. The summed E-state index contributed by atoms with van der Waals surface area (Å²) in [5, 5.41) is 12.6. The van der Waals surface area contributed by atoms with Gasteiger partial charge in [-0.2, -0.15) is 0 Å². The largest absolute Gasteiger partial charge is 0.391 e. The molecule has 4 N–H and O–H groups in total. The molecule has 3 atom stereocenters. The van der Waals surface area contributed by atoms with Crippen LogP contribution in [0.5, 0.6) is 0 Å². The van der Waals surface area contributed by atoms with E-state index in [4.69, 9.17) is 5.73 Å². The first kappa shape index (κ1) is 15.4. The summed E-state index contributed by atoms with van der Waals surface area (Å²) in [7, 11) is 0. The predicted octanol–water partition coefficient (Wildman–Crippen LogP) is 0.883. The molecule has 0 aromatic carbocycles. The molecule has 0 spiro atoms. The van der Waals surface area contributed by atoms with Crippen LogP contribution in [0.3, 0.4) is 0 Å². The van der Waals surface area contributed by atoms with Crippen LogP contribution in [0.2, 0.25) is 0 Å². The van der Waals surface area contributed by atoms with Gasteiger partial charge >= 0.3 is 0 Å². The zero-order valence-electron chi connectivity index (χ0n) is 10.9. The molecule has 0 aliphatic rings. The van der Waals surface area contributed by atoms with E-state index >= 15 is 0 Å². The third-order valence-corrected chi connectivity index (χ3v) is 3.28. The highest BCUT2D eigenvalue weighted by Gasteiger charge is 2.20. The standard InChI is InChI=1S/C12H26N2O2/c1-5-10(6-2)11(15)7-14-12(16)8(3)9(4)13/h8-11,15H,5-7,13H2,1-4H3,(H,14,16). The van der Waals surface area contributed by atoms with Gasteiger partial charge in [-0.25, -0.2) is 0 Å². The van der Waals surface area contributed by atoms with Gasteiger partial charge in [-0.05, 0) is 12.8 Å². The summed E-state index contributed by atoms with van der Waals surface area (Å²) in [6.45, 7) is 8.01. The third kappa shape index (κ3) is 4.94. The van der Waals surface area contributed by atoms with Crippen LogP contribution in [0.25, 0.3) is 0 Å². The first-order valence-corrected chi connectivity index (χ1v) is 6.15. The van der Waals surface area contributed by atoms with Crippen molar-refractivity contribution in [3.63, 3.8) is 0 Å². The maximum Gasteiger partial charge on any atom is 0.224 e. The molecule has 96 valence electrons. The second-order valence-electron chi connectivity index (χ2n) is 4.54. The van der Waals surface area contributed by atoms with Crippen LogP contribution in [0.1, 0.15) is 40.5 Å². The van der Waals surface area contributed by atoms with E-state index in [2.05, 4.69) is 5.32 Å². The molecule has 0 aliphatic carbocycles. The Morgan fingerprint density at radius 1 is 1.31 bits per heavy atom. The van der Waals surface area contributed by atoms with Gasteiger partial charge in [0, 0.05) is 18.5 Å². The number of amides is 1. The molecule has 1 amide bonds. The van der Waals surface area contributed by atoms with Gasteiger partial charge in [-0.1, -0.05) is 33.6 Å². The zero-order valence-corrected chi connectivity index (χ0v) is 10.9. The number of rotatable bonds is 7. The number of carbonyl (C=O) groups is 1. The van der Waals surface area contributed by atoms with Crippen LogP contribution in [-0.4, -0.2) is 29.7 Å². The van der Waals surface area contributed by atoms with E-state index in [9.17, 15) is 9.90 Å². The fourth-order valence-electron chi connectivity index (χ4n) is 1.60. The minimum Gasteiger partial charge on any atom is -0.391 e. The monoisotopic (exact) mass is 230 g/mol. The molecule has 0 aromatic rings. The number of nitrogens with two attached hydrogens (primary N) is 1. The van der Waals surface area contributed by atoms with Crippen LogP contribution in [0, 0.1) is 11.8 Å². The summed E-state index contributed by atoms with van der Waals surface area (Å²) in [5.74, 6) is -0.0418. The lowest BCUT2D eigenvalue weighted by molar-refractivity contribution is -0.125. The van der Waals surface area contributed by atoms with E-state index in [0.717, 1.165) is 12.8 Å². The first-order chi connectivity index (χ1) is 7.43. The molecule has 0 radical (unpaired) electrons. The molecule has 0 bridgehead atoms. The molecule has 0 fully saturated rings. The minimum atomic E-state index is -0.459. The van der Waals surface area contributed by atoms with E-state index in [1.54, 1.807) is 6.92 Å². The number of hydrogen-bond donors (Lipinski definition) is 3. The number of carbonyl (C=O) groups excluding carboxylic acids is 1. The average Bonchev–Trinajstić information content (AvgIpc) is 2.26. The van der Waals surface area contributed by atoms with Crippen molar-refractivity contribution >= 4 is 5.91 Å². The summed E-state index contributed by atoms with van der Waals surface area (Å²) in [4.78, 5) is 11.6. The lowest BCUT2D eigenvalue weighted by Crippen LogP contribution is -2.42. The zero-order chi connectivity index (χ0) is 12.7. The quantitative estimate of drug-likeness (QED) is 0.608. The van der Waals surface area contributed by atoms with Crippen LogP contribution in [0.4, 0.5) is 0 Å². The Balaban J connectivity index is 4.00. The number of nitrogens with one attached hydrogen (secondary N) is 1. The Morgan fingerprint density at radius 3 is 2.19 bits per heavy atom. The van der Waals surface area contributed by atoms with Crippen molar-refractivity contribution < 1.29 is 9.90 Å². The third-order valence-electron chi connectivity index (χ3n) is 3.28. The fraction of sp³-hybridized carbons (Fsp3) is 0.917. The van der Waals surface area contributed by atoms with E-state index < -0.39 is 6.10 Å². The number of aliphatic hydroxyl groups excluding tert-OH is 1. The van der Waals surface area contributed by atoms with Crippen molar-refractivity contribution in [3.05, 3.63) is 0 Å². The molecule has 0 saturated heterocycles. The molecular formula is C12H26N2O2. The van der Waals surface area contributed by atoms with E-state index in [1.807, 2.05) is 20.8 Å². The normalized spacial score (nSPS) is 16.9. The van der Waals surface area contributed by atoms with Crippen LogP contribution in [0.15, 0.2) is 0 Å². The molecular weight excluding hydrogens is 204 g/mol. The topological polar surface area (TPSA) is 75.3 Å². The van der Waals surface area contributed by atoms with E-state index in [1.165, 1.54) is 0 Å². The molecule has 0 aromatic heterocycles. The first-order valence-electron chi connectivity index (χ1n) is 6.15. The summed E-state index contributed by atoms with van der Waals surface area (Å²) in [6.07, 6.45) is 1.39. The predicted molar refractivity (Wildman–Crippen MR) is 65.9 cm³/mol. The molecule has 0 aliphatic heterocycles. The van der Waals surface area contributed by atoms with Crippen molar-refractivity contribution in [2.75, 3.05) is 6.54 Å². The molecule has 0 rings (SSSR count). The van der Waals surface area contributed by atoms with Gasteiger partial charge in [0.05, 0.1) is 6.10 Å². The van der Waals surface area contributed by atoms with E-state index in [-0.39, 0.29) is 23.8 Å². The van der Waals surface area contributed by atoms with Crippen LogP contribution >= 0.6 is 0 Å². The highest BCUT2D eigenvalue weighted by molar-refractivity contribution is 5.78. The van der Waals surface area contributed by atoms with Crippen molar-refractivity contribution in [2.24, 2.45) is 17.6 Å². The lowest BCUT2D eigenvalue weighted by Gasteiger charge is -2.22. The Hall–Kier alpha value is -0.610. The maximum absolute atomic E-state index is 11.6. The van der Waals surface area contributed by atoms with Crippen molar-refractivity contribution in [3.8, 4) is 0 Å². The van der Waals surface area contributed by atoms with Gasteiger partial charge in [0.15, 0.2) is 0 Å². The molecule has 0 heterocycles. The van der Waals surface area contributed by atoms with Gasteiger partial charge < -0.3 is 16.2 Å². The SMILES string of the molecule is CCC(CC)C(O)CNC(=O)C(C)C(C)N. The molecule has 4 heteroatoms. The summed E-state index contributed by atoms with van der Waals surface area (Å²) >= 11 is 0. The Bertz CT molecular complexity index is 203. The second-order valence-corrected chi connectivity index (χ2v) is 4.54. The minimum absolute atomic E-state index is 0.0833. The lowest BCUT2D eigenvalue weighted by atomic mass is 9.96. The molecule has 0 saturated carbocycles. The van der Waals surface area contributed by atoms with Crippen molar-refractivity contribution in [1.82, 2.24) is 5.32 Å². The van der Waals surface area contributed by atoms with Gasteiger partial charge in [0.2, 0.25) is 5.91 Å². The second kappa shape index (κ2) is 7.63. The summed E-state index contributed by atoms with van der Waals surface area (Å²) in [5.41, 5.74) is 5.63. The smallest absolute Gasteiger partial charge is 0.224 e. The summed E-state index contributed by atoms with van der Waals surface area (Å²) < 4.78 is 0. The highest BCUT2D eigenvalue weighted by atomic mass is 16.3. The van der Waals surface area contributed by atoms with Crippen molar-refractivity contribution in [1.29, 1.82) is 0 Å². The number of hydrogen-bond acceptors (Lipinski definition) is 3. The maximum atomic E-state index is 11.6. The van der Waals surface area contributed by atoms with Crippen LogP contribution < -0.4 is 11.1 Å². The van der Waals surface area contributed by atoms with Gasteiger partial charge in [0.1, 0.15) is 0 Å². The number of aliphatic hydroxyl groups is 1. The highest BCUT2D eigenvalue weighted by Crippen LogP contribution is 2.12. The fourth-order valence-corrected chi connectivity index (χ4v) is 1.60.